The Labute approximate surface area is 79.5 Å². The van der Waals surface area contributed by atoms with Gasteiger partial charge in [-0.2, -0.15) is 0 Å². The Morgan fingerprint density at radius 1 is 1.38 bits per heavy atom. The standard InChI is InChI=1S/C10H18N2O/c1-12(9-3-2-4-9)10(13)7-11-8-5-6-8/h8-9,11H,2-7H2,1H3. The lowest BCUT2D eigenvalue weighted by Crippen LogP contribution is -2.45. The summed E-state index contributed by atoms with van der Waals surface area (Å²) < 4.78 is 0. The van der Waals surface area contributed by atoms with Crippen molar-refractivity contribution in [2.45, 2.75) is 44.2 Å². The Morgan fingerprint density at radius 3 is 2.54 bits per heavy atom. The van der Waals surface area contributed by atoms with Crippen LogP contribution in [0.2, 0.25) is 0 Å². The van der Waals surface area contributed by atoms with Crippen molar-refractivity contribution in [3.63, 3.8) is 0 Å². The van der Waals surface area contributed by atoms with Gasteiger partial charge >= 0.3 is 0 Å². The van der Waals surface area contributed by atoms with Crippen LogP contribution in [0.25, 0.3) is 0 Å². The van der Waals surface area contributed by atoms with Gasteiger partial charge in [-0.1, -0.05) is 0 Å². The molecule has 2 aliphatic rings. The van der Waals surface area contributed by atoms with Gasteiger partial charge in [0.15, 0.2) is 0 Å². The van der Waals surface area contributed by atoms with E-state index in [4.69, 9.17) is 0 Å². The second-order valence-corrected chi connectivity index (χ2v) is 4.24. The quantitative estimate of drug-likeness (QED) is 0.696. The van der Waals surface area contributed by atoms with Gasteiger partial charge in [-0.05, 0) is 32.1 Å². The van der Waals surface area contributed by atoms with Crippen molar-refractivity contribution in [2.75, 3.05) is 13.6 Å². The molecule has 0 bridgehead atoms. The van der Waals surface area contributed by atoms with Crippen LogP contribution in [0.15, 0.2) is 0 Å². The van der Waals surface area contributed by atoms with Crippen LogP contribution in [0.3, 0.4) is 0 Å². The van der Waals surface area contributed by atoms with Crippen molar-refractivity contribution >= 4 is 5.91 Å². The summed E-state index contributed by atoms with van der Waals surface area (Å²) in [6, 6.07) is 1.17. The Kier molecular flexibility index (Phi) is 2.54. The minimum absolute atomic E-state index is 0.261. The van der Waals surface area contributed by atoms with E-state index in [9.17, 15) is 4.79 Å². The number of rotatable bonds is 4. The number of amides is 1. The summed E-state index contributed by atoms with van der Waals surface area (Å²) >= 11 is 0. The Balaban J connectivity index is 1.67. The summed E-state index contributed by atoms with van der Waals surface area (Å²) in [4.78, 5) is 13.5. The lowest BCUT2D eigenvalue weighted by atomic mass is 9.92. The van der Waals surface area contributed by atoms with Crippen LogP contribution in [0.1, 0.15) is 32.1 Å². The van der Waals surface area contributed by atoms with Crippen LogP contribution in [0.4, 0.5) is 0 Å². The van der Waals surface area contributed by atoms with E-state index in [1.807, 2.05) is 11.9 Å². The molecule has 2 aliphatic carbocycles. The minimum atomic E-state index is 0.261. The zero-order chi connectivity index (χ0) is 9.26. The average Bonchev–Trinajstić information content (AvgIpc) is 2.79. The topological polar surface area (TPSA) is 32.3 Å². The second kappa shape index (κ2) is 3.66. The fourth-order valence-electron chi connectivity index (χ4n) is 1.62. The van der Waals surface area contributed by atoms with E-state index < -0.39 is 0 Å². The van der Waals surface area contributed by atoms with Crippen LogP contribution < -0.4 is 5.32 Å². The lowest BCUT2D eigenvalue weighted by molar-refractivity contribution is -0.132. The molecule has 3 heteroatoms. The molecule has 0 aromatic carbocycles. The highest BCUT2D eigenvalue weighted by atomic mass is 16.2. The normalized spacial score (nSPS) is 22.5. The number of nitrogens with one attached hydrogen (secondary N) is 1. The van der Waals surface area contributed by atoms with Crippen molar-refractivity contribution in [3.05, 3.63) is 0 Å². The minimum Gasteiger partial charge on any atom is -0.342 e. The summed E-state index contributed by atoms with van der Waals surface area (Å²) in [5.74, 6) is 0.261. The maximum atomic E-state index is 11.6. The van der Waals surface area contributed by atoms with Gasteiger partial charge in [-0.15, -0.1) is 0 Å². The lowest BCUT2D eigenvalue weighted by Gasteiger charge is -2.34. The SMILES string of the molecule is CN(C(=O)CNC1CC1)C1CCC1. The molecule has 1 N–H and O–H groups in total. The van der Waals surface area contributed by atoms with Gasteiger partial charge in [0.1, 0.15) is 0 Å². The van der Waals surface area contributed by atoms with E-state index in [0.29, 0.717) is 18.6 Å². The smallest absolute Gasteiger partial charge is 0.236 e. The molecule has 0 aromatic heterocycles. The zero-order valence-electron chi connectivity index (χ0n) is 8.25. The van der Waals surface area contributed by atoms with Crippen LogP contribution in [-0.2, 0) is 4.79 Å². The second-order valence-electron chi connectivity index (χ2n) is 4.24. The van der Waals surface area contributed by atoms with E-state index in [1.54, 1.807) is 0 Å². The van der Waals surface area contributed by atoms with Gasteiger partial charge in [0.25, 0.3) is 0 Å². The van der Waals surface area contributed by atoms with Crippen LogP contribution >= 0.6 is 0 Å². The molecule has 0 saturated heterocycles. The number of nitrogens with zero attached hydrogens (tertiary/aromatic N) is 1. The molecule has 13 heavy (non-hydrogen) atoms. The third-order valence-electron chi connectivity index (χ3n) is 3.14. The van der Waals surface area contributed by atoms with E-state index in [-0.39, 0.29) is 5.91 Å². The summed E-state index contributed by atoms with van der Waals surface area (Å²) in [5, 5.41) is 3.25. The summed E-state index contributed by atoms with van der Waals surface area (Å²) in [6.07, 6.45) is 6.19. The first kappa shape index (κ1) is 9.00. The molecule has 0 unspecified atom stereocenters. The van der Waals surface area contributed by atoms with E-state index in [0.717, 1.165) is 0 Å². The Morgan fingerprint density at radius 2 is 2.08 bits per heavy atom. The van der Waals surface area contributed by atoms with Crippen LogP contribution in [0.5, 0.6) is 0 Å². The number of carbonyl (C=O) groups is 1. The summed E-state index contributed by atoms with van der Waals surface area (Å²) in [6.45, 7) is 0.539. The van der Waals surface area contributed by atoms with E-state index in [2.05, 4.69) is 5.32 Å². The Hall–Kier alpha value is -0.570. The van der Waals surface area contributed by atoms with Crippen molar-refractivity contribution in [1.82, 2.24) is 10.2 Å². The predicted octanol–water partition coefficient (Wildman–Crippen LogP) is 0.749. The van der Waals surface area contributed by atoms with Gasteiger partial charge in [-0.25, -0.2) is 0 Å². The zero-order valence-corrected chi connectivity index (χ0v) is 8.25. The molecular formula is C10H18N2O. The molecule has 2 rings (SSSR count). The first-order chi connectivity index (χ1) is 6.27. The van der Waals surface area contributed by atoms with Crippen molar-refractivity contribution < 1.29 is 4.79 Å². The molecular weight excluding hydrogens is 164 g/mol. The van der Waals surface area contributed by atoms with E-state index >= 15 is 0 Å². The first-order valence-electron chi connectivity index (χ1n) is 5.26. The highest BCUT2D eigenvalue weighted by Crippen LogP contribution is 2.23. The van der Waals surface area contributed by atoms with Crippen molar-refractivity contribution in [2.24, 2.45) is 0 Å². The van der Waals surface area contributed by atoms with Gasteiger partial charge < -0.3 is 10.2 Å². The van der Waals surface area contributed by atoms with Crippen LogP contribution in [0, 0.1) is 0 Å². The van der Waals surface area contributed by atoms with Gasteiger partial charge in [0.2, 0.25) is 5.91 Å². The monoisotopic (exact) mass is 182 g/mol. The van der Waals surface area contributed by atoms with Gasteiger partial charge in [0.05, 0.1) is 6.54 Å². The summed E-state index contributed by atoms with van der Waals surface area (Å²) in [7, 11) is 1.93. The predicted molar refractivity (Wildman–Crippen MR) is 51.4 cm³/mol. The third kappa shape index (κ3) is 2.21. The molecule has 74 valence electrons. The Bertz CT molecular complexity index is 197. The first-order valence-corrected chi connectivity index (χ1v) is 5.26. The average molecular weight is 182 g/mol. The third-order valence-corrected chi connectivity index (χ3v) is 3.14. The van der Waals surface area contributed by atoms with E-state index in [1.165, 1.54) is 32.1 Å². The number of carbonyl (C=O) groups excluding carboxylic acids is 1. The van der Waals surface area contributed by atoms with Gasteiger partial charge in [0, 0.05) is 19.1 Å². The summed E-state index contributed by atoms with van der Waals surface area (Å²) in [5.41, 5.74) is 0. The molecule has 0 aromatic rings. The van der Waals surface area contributed by atoms with Crippen LogP contribution in [-0.4, -0.2) is 36.5 Å². The number of likely N-dealkylation sites (N-methyl/N-ethyl adjacent to an activating group) is 1. The fraction of sp³-hybridized carbons (Fsp3) is 0.900. The molecule has 0 radical (unpaired) electrons. The number of hydrogen-bond acceptors (Lipinski definition) is 2. The maximum Gasteiger partial charge on any atom is 0.236 e. The highest BCUT2D eigenvalue weighted by Gasteiger charge is 2.27. The van der Waals surface area contributed by atoms with Crippen molar-refractivity contribution in [1.29, 1.82) is 0 Å². The molecule has 0 aliphatic heterocycles. The van der Waals surface area contributed by atoms with Crippen molar-refractivity contribution in [3.8, 4) is 0 Å². The molecule has 1 amide bonds. The number of hydrogen-bond donors (Lipinski definition) is 1. The molecule has 0 spiro atoms. The largest absolute Gasteiger partial charge is 0.342 e. The molecule has 0 heterocycles. The molecule has 2 saturated carbocycles. The molecule has 3 nitrogen and oxygen atoms in total. The fourth-order valence-corrected chi connectivity index (χ4v) is 1.62. The molecule has 2 fully saturated rings. The molecule has 0 atom stereocenters. The van der Waals surface area contributed by atoms with Gasteiger partial charge in [-0.3, -0.25) is 4.79 Å². The highest BCUT2D eigenvalue weighted by molar-refractivity contribution is 5.78. The maximum absolute atomic E-state index is 11.6.